The van der Waals surface area contributed by atoms with Gasteiger partial charge in [-0.3, -0.25) is 10.1 Å². The smallest absolute Gasteiger partial charge is 0.258 e. The average Bonchev–Trinajstić information content (AvgIpc) is 2.91. The van der Waals surface area contributed by atoms with E-state index in [9.17, 15) is 4.79 Å². The maximum Gasteiger partial charge on any atom is 0.258 e. The van der Waals surface area contributed by atoms with Gasteiger partial charge in [0.15, 0.2) is 12.7 Å². The Labute approximate surface area is 230 Å². The van der Waals surface area contributed by atoms with Crippen LogP contribution in [0.3, 0.4) is 0 Å². The largest absolute Gasteiger partial charge is 1.00 e. The number of rotatable bonds is 9. The van der Waals surface area contributed by atoms with Crippen LogP contribution in [0.1, 0.15) is 23.7 Å². The second kappa shape index (κ2) is 13.6. The van der Waals surface area contributed by atoms with Crippen molar-refractivity contribution < 1.29 is 28.8 Å². The van der Waals surface area contributed by atoms with Gasteiger partial charge in [-0.05, 0) is 60.7 Å². The summed E-state index contributed by atoms with van der Waals surface area (Å²) in [6, 6.07) is 41.3. The first kappa shape index (κ1) is 27.2. The average molecular weight is 610 g/mol. The molecule has 178 valence electrons. The van der Waals surface area contributed by atoms with Crippen LogP contribution in [-0.4, -0.2) is 11.7 Å². The number of carbonyl (C=O) groups excluding carboxylic acids is 1. The van der Waals surface area contributed by atoms with Crippen LogP contribution >= 0.6 is 19.0 Å². The highest BCUT2D eigenvalue weighted by Crippen LogP contribution is 2.61. The molecule has 1 amide bonds. The Morgan fingerprint density at radius 2 is 1.11 bits per heavy atom. The standard InChI is InChI=1S/C30H28NOPS.HI/c1-2-23-34-24-29(31-30(32)25-15-7-3-8-16-25)33(26-17-9-4-10-18-26,27-19-11-5-12-20-27)28-21-13-6-14-22-28;/h3-22,24H,2,23H2,1H3;1H/b29-24-;. The van der Waals surface area contributed by atoms with Gasteiger partial charge >= 0.3 is 0 Å². The summed E-state index contributed by atoms with van der Waals surface area (Å²) >= 11 is 1.76. The van der Waals surface area contributed by atoms with Crippen molar-refractivity contribution in [3.8, 4) is 0 Å². The zero-order valence-corrected chi connectivity index (χ0v) is 23.5. The number of hydrogen-bond acceptors (Lipinski definition) is 2. The minimum Gasteiger partial charge on any atom is -1.00 e. The van der Waals surface area contributed by atoms with Crippen molar-refractivity contribution in [1.82, 2.24) is 5.32 Å². The predicted octanol–water partition coefficient (Wildman–Crippen LogP) is 3.36. The monoisotopic (exact) mass is 609 g/mol. The van der Waals surface area contributed by atoms with E-state index in [0.717, 1.165) is 17.6 Å². The molecule has 0 fully saturated rings. The topological polar surface area (TPSA) is 29.1 Å². The van der Waals surface area contributed by atoms with Gasteiger partial charge in [-0.2, -0.15) is 0 Å². The predicted molar refractivity (Wildman–Crippen MR) is 150 cm³/mol. The summed E-state index contributed by atoms with van der Waals surface area (Å²) < 4.78 is 0. The van der Waals surface area contributed by atoms with Crippen molar-refractivity contribution in [2.45, 2.75) is 13.3 Å². The lowest BCUT2D eigenvalue weighted by Crippen LogP contribution is -3.00. The van der Waals surface area contributed by atoms with Crippen LogP contribution in [0.25, 0.3) is 0 Å². The number of thioether (sulfide) groups is 1. The second-order valence-electron chi connectivity index (χ2n) is 7.87. The summed E-state index contributed by atoms with van der Waals surface area (Å²) in [5.74, 6) is 0.902. The van der Waals surface area contributed by atoms with E-state index in [1.807, 2.05) is 48.5 Å². The number of amides is 1. The molecule has 4 rings (SSSR count). The molecule has 0 aliphatic rings. The van der Waals surface area contributed by atoms with E-state index in [4.69, 9.17) is 0 Å². The number of hydrogen-bond donors (Lipinski definition) is 1. The van der Waals surface area contributed by atoms with Gasteiger partial charge in [-0.1, -0.05) is 79.7 Å². The highest BCUT2D eigenvalue weighted by atomic mass is 127. The van der Waals surface area contributed by atoms with Gasteiger partial charge in [-0.25, -0.2) is 0 Å². The maximum atomic E-state index is 13.5. The third-order valence-electron chi connectivity index (χ3n) is 5.59. The molecule has 0 aromatic heterocycles. The Balaban J connectivity index is 0.00000342. The Hall–Kier alpha value is -2.40. The van der Waals surface area contributed by atoms with Crippen molar-refractivity contribution in [2.24, 2.45) is 0 Å². The molecule has 0 saturated heterocycles. The first-order valence-corrected chi connectivity index (χ1v) is 14.3. The molecule has 4 aromatic carbocycles. The molecule has 1 N–H and O–H groups in total. The molecule has 0 aliphatic heterocycles. The molecule has 0 aliphatic carbocycles. The Bertz CT molecular complexity index is 1120. The number of benzene rings is 4. The summed E-state index contributed by atoms with van der Waals surface area (Å²) in [6.45, 7) is 2.18. The van der Waals surface area contributed by atoms with E-state index in [0.29, 0.717) is 5.56 Å². The lowest BCUT2D eigenvalue weighted by Gasteiger charge is -2.29. The van der Waals surface area contributed by atoms with Crippen molar-refractivity contribution in [2.75, 3.05) is 5.75 Å². The van der Waals surface area contributed by atoms with E-state index >= 15 is 0 Å². The number of nitrogens with one attached hydrogen (secondary N) is 1. The molecule has 0 spiro atoms. The second-order valence-corrected chi connectivity index (χ2v) is 12.2. The minimum absolute atomic E-state index is 0. The van der Waals surface area contributed by atoms with E-state index < -0.39 is 7.26 Å². The summed E-state index contributed by atoms with van der Waals surface area (Å²) in [5.41, 5.74) is 1.62. The molecular weight excluding hydrogens is 580 g/mol. The van der Waals surface area contributed by atoms with Gasteiger partial charge in [0.25, 0.3) is 5.91 Å². The van der Waals surface area contributed by atoms with Gasteiger partial charge < -0.3 is 24.0 Å². The fourth-order valence-corrected chi connectivity index (χ4v) is 9.33. The zero-order valence-electron chi connectivity index (χ0n) is 19.7. The quantitative estimate of drug-likeness (QED) is 0.179. The Morgan fingerprint density at radius 1 is 0.714 bits per heavy atom. The highest BCUT2D eigenvalue weighted by molar-refractivity contribution is 8.04. The molecule has 0 bridgehead atoms. The summed E-state index contributed by atoms with van der Waals surface area (Å²) in [4.78, 5) is 13.5. The van der Waals surface area contributed by atoms with E-state index in [2.05, 4.69) is 90.4 Å². The van der Waals surface area contributed by atoms with Crippen LogP contribution < -0.4 is 45.2 Å². The lowest BCUT2D eigenvalue weighted by molar-refractivity contribution is -0.0000149. The normalized spacial score (nSPS) is 11.4. The Morgan fingerprint density at radius 3 is 1.51 bits per heavy atom. The van der Waals surface area contributed by atoms with Crippen molar-refractivity contribution in [3.05, 3.63) is 138 Å². The molecule has 0 saturated carbocycles. The first-order chi connectivity index (χ1) is 16.8. The molecule has 0 heterocycles. The molecule has 4 aromatic rings. The van der Waals surface area contributed by atoms with Crippen LogP contribution in [0.2, 0.25) is 0 Å². The minimum atomic E-state index is -2.37. The van der Waals surface area contributed by atoms with Gasteiger partial charge in [0.05, 0.1) is 0 Å². The summed E-state index contributed by atoms with van der Waals surface area (Å²) in [7, 11) is -2.37. The summed E-state index contributed by atoms with van der Waals surface area (Å²) in [6.07, 6.45) is 1.06. The van der Waals surface area contributed by atoms with Crippen molar-refractivity contribution in [3.63, 3.8) is 0 Å². The maximum absolute atomic E-state index is 13.5. The van der Waals surface area contributed by atoms with Gasteiger partial charge in [0.1, 0.15) is 15.9 Å². The van der Waals surface area contributed by atoms with E-state index in [-0.39, 0.29) is 29.9 Å². The van der Waals surface area contributed by atoms with E-state index in [1.165, 1.54) is 15.9 Å². The lowest BCUT2D eigenvalue weighted by atomic mass is 10.2. The first-order valence-electron chi connectivity index (χ1n) is 11.5. The van der Waals surface area contributed by atoms with Crippen LogP contribution in [0.4, 0.5) is 0 Å². The van der Waals surface area contributed by atoms with Gasteiger partial charge in [0, 0.05) is 11.0 Å². The number of carbonyl (C=O) groups is 1. The van der Waals surface area contributed by atoms with Gasteiger partial charge in [-0.15, -0.1) is 11.8 Å². The molecule has 0 unspecified atom stereocenters. The molecule has 35 heavy (non-hydrogen) atoms. The van der Waals surface area contributed by atoms with Gasteiger partial charge in [0.2, 0.25) is 0 Å². The Kier molecular flexibility index (Phi) is 10.6. The van der Waals surface area contributed by atoms with Crippen LogP contribution in [0, 0.1) is 0 Å². The third kappa shape index (κ3) is 6.24. The highest BCUT2D eigenvalue weighted by Gasteiger charge is 2.50. The van der Waals surface area contributed by atoms with Crippen LogP contribution in [0.15, 0.2) is 132 Å². The molecule has 2 nitrogen and oxygen atoms in total. The summed E-state index contributed by atoms with van der Waals surface area (Å²) in [5, 5.41) is 9.20. The zero-order chi connectivity index (χ0) is 23.6. The fraction of sp³-hybridized carbons (Fsp3) is 0.100. The number of halogens is 1. The molecular formula is C30H29INOPS. The molecule has 0 atom stereocenters. The van der Waals surface area contributed by atoms with Crippen LogP contribution in [-0.2, 0) is 0 Å². The molecule has 5 heteroatoms. The van der Waals surface area contributed by atoms with Crippen LogP contribution in [0.5, 0.6) is 0 Å². The van der Waals surface area contributed by atoms with E-state index in [1.54, 1.807) is 11.8 Å². The van der Waals surface area contributed by atoms with Crippen molar-refractivity contribution in [1.29, 1.82) is 0 Å². The fourth-order valence-electron chi connectivity index (χ4n) is 4.05. The third-order valence-corrected chi connectivity index (χ3v) is 11.0. The molecule has 0 radical (unpaired) electrons. The van der Waals surface area contributed by atoms with Crippen molar-refractivity contribution >= 4 is 40.8 Å². The SMILES string of the molecule is CCCS/C=C(/NC(=O)c1ccccc1)[P+](c1ccccc1)(c1ccccc1)c1ccccc1.[I-].